The van der Waals surface area contributed by atoms with Crippen molar-refractivity contribution >= 4 is 17.2 Å². The van der Waals surface area contributed by atoms with Crippen LogP contribution >= 0.6 is 0 Å². The van der Waals surface area contributed by atoms with E-state index in [2.05, 4.69) is 0 Å². The van der Waals surface area contributed by atoms with E-state index in [0.29, 0.717) is 5.69 Å². The van der Waals surface area contributed by atoms with Gasteiger partial charge in [0.05, 0.1) is 16.9 Å². The summed E-state index contributed by atoms with van der Waals surface area (Å²) in [6, 6.07) is 10.4. The van der Waals surface area contributed by atoms with Crippen LogP contribution in [0.1, 0.15) is 5.56 Å². The summed E-state index contributed by atoms with van der Waals surface area (Å²) in [6.07, 6.45) is 0. The Balaban J connectivity index is 2.57. The van der Waals surface area contributed by atoms with Gasteiger partial charge >= 0.3 is 0 Å². The summed E-state index contributed by atoms with van der Waals surface area (Å²) in [7, 11) is 1.60. The van der Waals surface area contributed by atoms with Gasteiger partial charge in [-0.15, -0.1) is 0 Å². The second kappa shape index (κ2) is 5.06. The van der Waals surface area contributed by atoms with Crippen molar-refractivity contribution in [3.05, 3.63) is 59.7 Å². The van der Waals surface area contributed by atoms with E-state index in [-0.39, 0.29) is 11.3 Å². The third-order valence-electron chi connectivity index (χ3n) is 2.84. The predicted molar refractivity (Wildman–Crippen MR) is 71.9 cm³/mol. The van der Waals surface area contributed by atoms with Crippen molar-refractivity contribution in [2.24, 2.45) is 5.73 Å². The van der Waals surface area contributed by atoms with Gasteiger partial charge in [0.25, 0.3) is 0 Å². The van der Waals surface area contributed by atoms with E-state index >= 15 is 0 Å². The summed E-state index contributed by atoms with van der Waals surface area (Å²) in [4.78, 5) is 1.47. The lowest BCUT2D eigenvalue weighted by atomic mass is 10.1. The minimum absolute atomic E-state index is 0.0340. The van der Waals surface area contributed by atoms with Crippen LogP contribution in [0.25, 0.3) is 0 Å². The Morgan fingerprint density at radius 2 is 1.58 bits per heavy atom. The number of hydrogen-bond acceptors (Lipinski definition) is 2. The number of amidine groups is 1. The number of rotatable bonds is 3. The normalized spacial score (nSPS) is 10.3. The highest BCUT2D eigenvalue weighted by Gasteiger charge is 2.17. The molecule has 0 saturated heterocycles. The number of anilines is 2. The first-order valence-corrected chi connectivity index (χ1v) is 5.63. The molecule has 0 bridgehead atoms. The van der Waals surface area contributed by atoms with Gasteiger partial charge in [0, 0.05) is 7.05 Å². The molecular weight excluding hydrogens is 248 g/mol. The van der Waals surface area contributed by atoms with Crippen molar-refractivity contribution in [3.63, 3.8) is 0 Å². The largest absolute Gasteiger partial charge is 0.384 e. The van der Waals surface area contributed by atoms with Crippen LogP contribution in [0.3, 0.4) is 0 Å². The van der Waals surface area contributed by atoms with Crippen LogP contribution in [0, 0.1) is 17.0 Å². The van der Waals surface area contributed by atoms with E-state index in [1.165, 1.54) is 23.1 Å². The molecule has 0 amide bonds. The second-order valence-electron chi connectivity index (χ2n) is 4.06. The van der Waals surface area contributed by atoms with Crippen LogP contribution in [-0.4, -0.2) is 12.9 Å². The number of nitrogens with zero attached hydrogens (tertiary/aromatic N) is 1. The van der Waals surface area contributed by atoms with Crippen LogP contribution in [0.4, 0.5) is 20.2 Å². The van der Waals surface area contributed by atoms with Crippen molar-refractivity contribution in [1.82, 2.24) is 0 Å². The Labute approximate surface area is 109 Å². The average molecular weight is 261 g/mol. The van der Waals surface area contributed by atoms with E-state index in [0.717, 1.165) is 0 Å². The number of para-hydroxylation sites is 1. The molecule has 0 spiro atoms. The first-order chi connectivity index (χ1) is 9.02. The van der Waals surface area contributed by atoms with Crippen LogP contribution in [0.5, 0.6) is 0 Å². The third-order valence-corrected chi connectivity index (χ3v) is 2.84. The van der Waals surface area contributed by atoms with Gasteiger partial charge in [-0.25, -0.2) is 8.78 Å². The standard InChI is InChI=1S/C14H13F2N3/c1-19(11-7-3-2-5-9(11)15)12-8-4-6-10(16)13(12)14(17)18/h2-8H,1H3,(H3,17,18). The van der Waals surface area contributed by atoms with Gasteiger partial charge in [0.1, 0.15) is 17.5 Å². The molecule has 0 aliphatic heterocycles. The maximum Gasteiger partial charge on any atom is 0.146 e. The van der Waals surface area contributed by atoms with Gasteiger partial charge in [-0.1, -0.05) is 18.2 Å². The molecule has 2 aromatic carbocycles. The molecule has 5 heteroatoms. The van der Waals surface area contributed by atoms with Gasteiger partial charge in [-0.3, -0.25) is 5.41 Å². The zero-order chi connectivity index (χ0) is 14.0. The maximum atomic E-state index is 13.7. The van der Waals surface area contributed by atoms with E-state index in [9.17, 15) is 8.78 Å². The number of nitrogens with two attached hydrogens (primary N) is 1. The highest BCUT2D eigenvalue weighted by Crippen LogP contribution is 2.29. The van der Waals surface area contributed by atoms with E-state index in [1.807, 2.05) is 0 Å². The molecule has 3 nitrogen and oxygen atoms in total. The molecule has 0 radical (unpaired) electrons. The molecule has 19 heavy (non-hydrogen) atoms. The quantitative estimate of drug-likeness (QED) is 0.659. The molecule has 0 atom stereocenters. The SMILES string of the molecule is CN(c1ccccc1F)c1cccc(F)c1C(=N)N. The van der Waals surface area contributed by atoms with Gasteiger partial charge < -0.3 is 10.6 Å². The summed E-state index contributed by atoms with van der Waals surface area (Å²) in [5.74, 6) is -1.42. The molecule has 2 aromatic rings. The van der Waals surface area contributed by atoms with Crippen molar-refractivity contribution in [3.8, 4) is 0 Å². The number of nitrogen functional groups attached to an aromatic ring is 1. The van der Waals surface area contributed by atoms with Gasteiger partial charge in [-0.2, -0.15) is 0 Å². The number of nitrogens with one attached hydrogen (secondary N) is 1. The lowest BCUT2D eigenvalue weighted by molar-refractivity contribution is 0.621. The van der Waals surface area contributed by atoms with Gasteiger partial charge in [-0.05, 0) is 24.3 Å². The van der Waals surface area contributed by atoms with E-state index in [4.69, 9.17) is 11.1 Å². The Hall–Kier alpha value is -2.43. The maximum absolute atomic E-state index is 13.7. The molecule has 0 heterocycles. The Kier molecular flexibility index (Phi) is 3.46. The summed E-state index contributed by atoms with van der Waals surface area (Å²) in [6.45, 7) is 0. The highest BCUT2D eigenvalue weighted by atomic mass is 19.1. The van der Waals surface area contributed by atoms with E-state index in [1.54, 1.807) is 31.3 Å². The van der Waals surface area contributed by atoms with Crippen LogP contribution in [0.2, 0.25) is 0 Å². The second-order valence-corrected chi connectivity index (χ2v) is 4.06. The smallest absolute Gasteiger partial charge is 0.146 e. The molecule has 3 N–H and O–H groups in total. The Morgan fingerprint density at radius 1 is 1.00 bits per heavy atom. The molecule has 0 aromatic heterocycles. The Bertz CT molecular complexity index is 626. The summed E-state index contributed by atoms with van der Waals surface area (Å²) in [5, 5.41) is 7.44. The Morgan fingerprint density at radius 3 is 2.21 bits per heavy atom. The molecule has 0 saturated carbocycles. The summed E-state index contributed by atoms with van der Waals surface area (Å²) >= 11 is 0. The zero-order valence-electron chi connectivity index (χ0n) is 10.3. The topological polar surface area (TPSA) is 53.1 Å². The first kappa shape index (κ1) is 13.0. The van der Waals surface area contributed by atoms with Crippen molar-refractivity contribution in [2.75, 3.05) is 11.9 Å². The molecular formula is C14H13F2N3. The lowest BCUT2D eigenvalue weighted by Crippen LogP contribution is -2.20. The van der Waals surface area contributed by atoms with Crippen LogP contribution in [0.15, 0.2) is 42.5 Å². The van der Waals surface area contributed by atoms with Crippen molar-refractivity contribution in [1.29, 1.82) is 5.41 Å². The minimum Gasteiger partial charge on any atom is -0.384 e. The van der Waals surface area contributed by atoms with Crippen LogP contribution in [-0.2, 0) is 0 Å². The van der Waals surface area contributed by atoms with Crippen molar-refractivity contribution in [2.45, 2.75) is 0 Å². The van der Waals surface area contributed by atoms with E-state index < -0.39 is 17.5 Å². The van der Waals surface area contributed by atoms with Gasteiger partial charge in [0.15, 0.2) is 0 Å². The predicted octanol–water partition coefficient (Wildman–Crippen LogP) is 3.02. The average Bonchev–Trinajstić information content (AvgIpc) is 2.37. The fourth-order valence-electron chi connectivity index (χ4n) is 1.91. The number of benzene rings is 2. The monoisotopic (exact) mass is 261 g/mol. The molecule has 0 fully saturated rings. The lowest BCUT2D eigenvalue weighted by Gasteiger charge is -2.22. The molecule has 2 rings (SSSR count). The molecule has 0 aliphatic carbocycles. The first-order valence-electron chi connectivity index (χ1n) is 5.63. The van der Waals surface area contributed by atoms with Crippen molar-refractivity contribution < 1.29 is 8.78 Å². The molecule has 0 aliphatic rings. The molecule has 0 unspecified atom stereocenters. The highest BCUT2D eigenvalue weighted by molar-refractivity contribution is 6.01. The third kappa shape index (κ3) is 2.40. The number of hydrogen-bond donors (Lipinski definition) is 2. The summed E-state index contributed by atoms with van der Waals surface area (Å²) in [5.41, 5.74) is 5.99. The number of halogens is 2. The van der Waals surface area contributed by atoms with Gasteiger partial charge in [0.2, 0.25) is 0 Å². The minimum atomic E-state index is -0.604. The fraction of sp³-hybridized carbons (Fsp3) is 0.0714. The van der Waals surface area contributed by atoms with Crippen LogP contribution < -0.4 is 10.6 Å². The fourth-order valence-corrected chi connectivity index (χ4v) is 1.91. The molecule has 98 valence electrons. The summed E-state index contributed by atoms with van der Waals surface area (Å²) < 4.78 is 27.5. The zero-order valence-corrected chi connectivity index (χ0v) is 10.3.